The van der Waals surface area contributed by atoms with E-state index < -0.39 is 0 Å². The Bertz CT molecular complexity index is 1710. The molecule has 0 saturated carbocycles. The minimum absolute atomic E-state index is 0.166. The normalized spacial score (nSPS) is 13.1. The van der Waals surface area contributed by atoms with Crippen LogP contribution in [0.5, 0.6) is 0 Å². The molecule has 5 aromatic rings. The van der Waals surface area contributed by atoms with Crippen molar-refractivity contribution in [2.24, 2.45) is 0 Å². The Kier molecular flexibility index (Phi) is 6.51. The molecule has 0 radical (unpaired) electrons. The third-order valence-electron chi connectivity index (χ3n) is 7.46. The van der Waals surface area contributed by atoms with Crippen molar-refractivity contribution in [1.82, 2.24) is 8.97 Å². The van der Waals surface area contributed by atoms with Gasteiger partial charge in [-0.05, 0) is 86.2 Å². The lowest BCUT2D eigenvalue weighted by molar-refractivity contribution is 0.102. The molecule has 0 spiro atoms. The van der Waals surface area contributed by atoms with Gasteiger partial charge in [0.25, 0.3) is 5.91 Å². The van der Waals surface area contributed by atoms with Gasteiger partial charge in [-0.15, -0.1) is 0 Å². The van der Waals surface area contributed by atoms with Gasteiger partial charge in [0.2, 0.25) is 0 Å². The van der Waals surface area contributed by atoms with Crippen molar-refractivity contribution in [3.63, 3.8) is 0 Å². The number of benzene rings is 3. The van der Waals surface area contributed by atoms with E-state index in [9.17, 15) is 4.79 Å². The van der Waals surface area contributed by atoms with Gasteiger partial charge in [-0.1, -0.05) is 59.1 Å². The van der Waals surface area contributed by atoms with Crippen molar-refractivity contribution in [2.75, 3.05) is 5.32 Å². The molecule has 7 heteroatoms. The van der Waals surface area contributed by atoms with E-state index in [0.29, 0.717) is 26.4 Å². The Morgan fingerprint density at radius 3 is 2.34 bits per heavy atom. The fourth-order valence-electron chi connectivity index (χ4n) is 5.43. The Morgan fingerprint density at radius 1 is 0.842 bits per heavy atom. The van der Waals surface area contributed by atoms with E-state index in [1.54, 1.807) is 12.1 Å². The summed E-state index contributed by atoms with van der Waals surface area (Å²) >= 11 is 18.7. The van der Waals surface area contributed by atoms with Crippen LogP contribution in [0.15, 0.2) is 66.9 Å². The van der Waals surface area contributed by atoms with Crippen LogP contribution in [0.2, 0.25) is 15.1 Å². The highest BCUT2D eigenvalue weighted by Crippen LogP contribution is 2.41. The summed E-state index contributed by atoms with van der Waals surface area (Å²) in [6.45, 7) is 5.08. The number of anilines is 1. The molecule has 0 unspecified atom stereocenters. The molecule has 1 amide bonds. The zero-order chi connectivity index (χ0) is 26.6. The lowest BCUT2D eigenvalue weighted by Crippen LogP contribution is -2.15. The van der Waals surface area contributed by atoms with Gasteiger partial charge in [0.15, 0.2) is 0 Å². The average Bonchev–Trinajstić information content (AvgIpc) is 3.31. The first kappa shape index (κ1) is 25.1. The van der Waals surface area contributed by atoms with Crippen LogP contribution in [-0.2, 0) is 13.0 Å². The van der Waals surface area contributed by atoms with Crippen LogP contribution in [0, 0.1) is 13.8 Å². The summed E-state index contributed by atoms with van der Waals surface area (Å²) < 4.78 is 4.39. The van der Waals surface area contributed by atoms with Crippen LogP contribution in [0.25, 0.3) is 28.0 Å². The van der Waals surface area contributed by atoms with Gasteiger partial charge >= 0.3 is 0 Å². The fraction of sp³-hybridized carbons (Fsp3) is 0.194. The van der Waals surface area contributed by atoms with Crippen LogP contribution in [0.4, 0.5) is 5.69 Å². The molecule has 38 heavy (non-hydrogen) atoms. The van der Waals surface area contributed by atoms with E-state index in [2.05, 4.69) is 52.5 Å². The number of aryl methyl sites for hydroxylation is 4. The average molecular weight is 563 g/mol. The molecule has 1 N–H and O–H groups in total. The number of amides is 1. The molecule has 4 nitrogen and oxygen atoms in total. The number of carbonyl (C=O) groups excluding carboxylic acids is 1. The number of carbonyl (C=O) groups is 1. The zero-order valence-corrected chi connectivity index (χ0v) is 23.4. The van der Waals surface area contributed by atoms with Crippen LogP contribution in [0.3, 0.4) is 0 Å². The van der Waals surface area contributed by atoms with Gasteiger partial charge < -0.3 is 9.88 Å². The van der Waals surface area contributed by atoms with Crippen LogP contribution in [0.1, 0.15) is 40.0 Å². The van der Waals surface area contributed by atoms with Gasteiger partial charge in [-0.3, -0.25) is 9.20 Å². The predicted molar refractivity (Wildman–Crippen MR) is 158 cm³/mol. The molecular weight excluding hydrogens is 537 g/mol. The highest BCUT2D eigenvalue weighted by atomic mass is 35.5. The number of hydrogen-bond acceptors (Lipinski definition) is 1. The molecule has 1 aliphatic heterocycles. The van der Waals surface area contributed by atoms with E-state index in [0.717, 1.165) is 53.8 Å². The monoisotopic (exact) mass is 561 g/mol. The number of aromatic nitrogens is 2. The molecule has 0 saturated heterocycles. The summed E-state index contributed by atoms with van der Waals surface area (Å²) in [5, 5.41) is 4.75. The summed E-state index contributed by atoms with van der Waals surface area (Å²) in [7, 11) is 0. The maximum atomic E-state index is 14.0. The second-order valence-corrected chi connectivity index (χ2v) is 11.2. The molecule has 6 rings (SSSR count). The molecular formula is C31H26Cl3N3O. The zero-order valence-electron chi connectivity index (χ0n) is 21.1. The number of imidazole rings is 1. The molecule has 0 bridgehead atoms. The van der Waals surface area contributed by atoms with E-state index in [-0.39, 0.29) is 5.91 Å². The molecule has 2 aromatic heterocycles. The smallest absolute Gasteiger partial charge is 0.273 e. The van der Waals surface area contributed by atoms with E-state index >= 15 is 0 Å². The fourth-order valence-corrected chi connectivity index (χ4v) is 5.85. The first-order valence-corrected chi connectivity index (χ1v) is 13.8. The first-order valence-electron chi connectivity index (χ1n) is 12.7. The summed E-state index contributed by atoms with van der Waals surface area (Å²) in [6, 6.07) is 19.3. The van der Waals surface area contributed by atoms with Gasteiger partial charge in [-0.2, -0.15) is 0 Å². The van der Waals surface area contributed by atoms with Crippen LogP contribution in [-0.4, -0.2) is 14.9 Å². The lowest BCUT2D eigenvalue weighted by Gasteiger charge is -2.12. The van der Waals surface area contributed by atoms with Crippen molar-refractivity contribution in [3.8, 4) is 22.4 Å². The SMILES string of the molecule is Cc1ccc(-c2c3c4n(c(-c5ccc(Cl)c(Cl)c5)cn4c2C(=O)Nc2ccc(Cl)cc2)CCCC3)cc1C. The highest BCUT2D eigenvalue weighted by Gasteiger charge is 2.30. The second kappa shape index (κ2) is 9.85. The van der Waals surface area contributed by atoms with E-state index in [1.807, 2.05) is 30.3 Å². The maximum Gasteiger partial charge on any atom is 0.273 e. The van der Waals surface area contributed by atoms with Gasteiger partial charge in [0, 0.05) is 40.1 Å². The van der Waals surface area contributed by atoms with Gasteiger partial charge in [0.05, 0.1) is 15.7 Å². The lowest BCUT2D eigenvalue weighted by atomic mass is 9.95. The third kappa shape index (κ3) is 4.31. The second-order valence-electron chi connectivity index (χ2n) is 9.91. The minimum atomic E-state index is -0.166. The van der Waals surface area contributed by atoms with Crippen LogP contribution < -0.4 is 5.32 Å². The summed E-state index contributed by atoms with van der Waals surface area (Å²) in [6.07, 6.45) is 5.04. The predicted octanol–water partition coefficient (Wildman–Crippen LogP) is 9.24. The van der Waals surface area contributed by atoms with Crippen molar-refractivity contribution in [3.05, 3.63) is 104 Å². The first-order chi connectivity index (χ1) is 18.3. The highest BCUT2D eigenvalue weighted by molar-refractivity contribution is 6.42. The van der Waals surface area contributed by atoms with Gasteiger partial charge in [0.1, 0.15) is 11.3 Å². The topological polar surface area (TPSA) is 38.4 Å². The number of nitrogens with one attached hydrogen (secondary N) is 1. The summed E-state index contributed by atoms with van der Waals surface area (Å²) in [4.78, 5) is 14.0. The Hall–Kier alpha value is -3.18. The van der Waals surface area contributed by atoms with Gasteiger partial charge in [-0.25, -0.2) is 0 Å². The Labute approximate surface area is 236 Å². The van der Waals surface area contributed by atoms with E-state index in [4.69, 9.17) is 34.8 Å². The molecule has 0 aliphatic carbocycles. The van der Waals surface area contributed by atoms with E-state index in [1.165, 1.54) is 16.7 Å². The third-order valence-corrected chi connectivity index (χ3v) is 8.45. The number of hydrogen-bond donors (Lipinski definition) is 1. The quantitative estimate of drug-likeness (QED) is 0.233. The largest absolute Gasteiger partial charge is 0.325 e. The molecule has 0 atom stereocenters. The van der Waals surface area contributed by atoms with Crippen LogP contribution >= 0.6 is 34.8 Å². The molecule has 0 fully saturated rings. The molecule has 192 valence electrons. The van der Waals surface area contributed by atoms with Crippen molar-refractivity contribution < 1.29 is 4.79 Å². The summed E-state index contributed by atoms with van der Waals surface area (Å²) in [5.74, 6) is -0.166. The van der Waals surface area contributed by atoms with Crippen molar-refractivity contribution in [2.45, 2.75) is 39.7 Å². The maximum absolute atomic E-state index is 14.0. The van der Waals surface area contributed by atoms with Crippen molar-refractivity contribution in [1.29, 1.82) is 0 Å². The Balaban J connectivity index is 1.62. The summed E-state index contributed by atoms with van der Waals surface area (Å²) in [5.41, 5.74) is 10.00. The minimum Gasteiger partial charge on any atom is -0.325 e. The molecule has 3 aromatic carbocycles. The Morgan fingerprint density at radius 2 is 1.61 bits per heavy atom. The van der Waals surface area contributed by atoms with Crippen molar-refractivity contribution >= 4 is 52.0 Å². The number of rotatable bonds is 4. The number of halogens is 3. The molecule has 3 heterocycles. The molecule has 1 aliphatic rings. The number of nitrogens with zero attached hydrogens (tertiary/aromatic N) is 2. The standard InChI is InChI=1S/C31H26Cl3N3O/c1-18-6-7-21(15-19(18)2)28-24-5-3-4-14-36-27(20-8-13-25(33)26(34)16-20)17-37(31(24)36)29(28)30(38)35-23-11-9-22(32)10-12-23/h6-13,15-17H,3-5,14H2,1-2H3,(H,35,38).